The number of aryl methyl sites for hydroxylation is 1. The normalized spacial score (nSPS) is 11.3. The quantitative estimate of drug-likeness (QED) is 0.578. The summed E-state index contributed by atoms with van der Waals surface area (Å²) in [5, 5.41) is 2.17. The van der Waals surface area contributed by atoms with Gasteiger partial charge in [-0.05, 0) is 13.0 Å². The molecule has 0 amide bonds. The second kappa shape index (κ2) is 4.86. The Bertz CT molecular complexity index is 900. The van der Waals surface area contributed by atoms with E-state index < -0.39 is 0 Å². The van der Waals surface area contributed by atoms with Gasteiger partial charge in [0, 0.05) is 17.1 Å². The second-order valence-corrected chi connectivity index (χ2v) is 6.02. The summed E-state index contributed by atoms with van der Waals surface area (Å²) >= 11 is 1.71. The molecular formula is C16H14N4S. The van der Waals surface area contributed by atoms with E-state index in [-0.39, 0.29) is 0 Å². The molecule has 3 heterocycles. The van der Waals surface area contributed by atoms with E-state index in [4.69, 9.17) is 0 Å². The fraction of sp³-hybridized carbons (Fsp3) is 0.125. The molecule has 4 nitrogen and oxygen atoms in total. The molecule has 5 heteroatoms. The molecule has 1 aromatic carbocycles. The number of aromatic nitrogens is 4. The zero-order valence-corrected chi connectivity index (χ0v) is 12.4. The van der Waals surface area contributed by atoms with Gasteiger partial charge in [-0.3, -0.25) is 4.40 Å². The molecule has 0 radical (unpaired) electrons. The van der Waals surface area contributed by atoms with Crippen molar-refractivity contribution in [1.29, 1.82) is 0 Å². The minimum absolute atomic E-state index is 0.801. The second-order valence-electron chi connectivity index (χ2n) is 5.13. The van der Waals surface area contributed by atoms with Gasteiger partial charge in [-0.15, -0.1) is 11.3 Å². The van der Waals surface area contributed by atoms with Crippen molar-refractivity contribution in [2.24, 2.45) is 0 Å². The van der Waals surface area contributed by atoms with Gasteiger partial charge >= 0.3 is 0 Å². The summed E-state index contributed by atoms with van der Waals surface area (Å²) in [6.45, 7) is 2.90. The molecule has 0 spiro atoms. The Labute approximate surface area is 126 Å². The maximum atomic E-state index is 4.52. The first-order valence-corrected chi connectivity index (χ1v) is 7.65. The first kappa shape index (κ1) is 12.3. The maximum Gasteiger partial charge on any atom is 0.119 e. The molecule has 21 heavy (non-hydrogen) atoms. The monoisotopic (exact) mass is 294 g/mol. The van der Waals surface area contributed by atoms with E-state index in [1.807, 2.05) is 18.9 Å². The Morgan fingerprint density at radius 1 is 1.24 bits per heavy atom. The molecule has 0 saturated heterocycles. The molecule has 0 fully saturated rings. The number of imidazole rings is 2. The van der Waals surface area contributed by atoms with Gasteiger partial charge in [-0.1, -0.05) is 23.8 Å². The molecule has 3 aromatic heterocycles. The Balaban J connectivity index is 1.64. The summed E-state index contributed by atoms with van der Waals surface area (Å²) in [5.41, 5.74) is 4.64. The Morgan fingerprint density at radius 3 is 3.10 bits per heavy atom. The summed E-state index contributed by atoms with van der Waals surface area (Å²) in [6, 6.07) is 8.42. The first-order chi connectivity index (χ1) is 10.3. The predicted molar refractivity (Wildman–Crippen MR) is 84.6 cm³/mol. The zero-order valence-electron chi connectivity index (χ0n) is 11.6. The first-order valence-electron chi connectivity index (χ1n) is 6.77. The number of benzene rings is 1. The van der Waals surface area contributed by atoms with Gasteiger partial charge in [0.25, 0.3) is 0 Å². The fourth-order valence-electron chi connectivity index (χ4n) is 2.47. The molecule has 104 valence electrons. The summed E-state index contributed by atoms with van der Waals surface area (Å²) in [5.74, 6) is 0. The molecule has 0 aliphatic rings. The van der Waals surface area contributed by atoms with Crippen LogP contribution in [0.25, 0.3) is 16.1 Å². The largest absolute Gasteiger partial charge is 0.331 e. The van der Waals surface area contributed by atoms with Crippen LogP contribution in [0.5, 0.6) is 0 Å². The average Bonchev–Trinajstić information content (AvgIpc) is 3.18. The lowest BCUT2D eigenvalue weighted by Crippen LogP contribution is -1.99. The fourth-order valence-corrected chi connectivity index (χ4v) is 3.32. The Hall–Kier alpha value is -2.40. The molecule has 0 bridgehead atoms. The van der Waals surface area contributed by atoms with Crippen molar-refractivity contribution in [2.75, 3.05) is 0 Å². The summed E-state index contributed by atoms with van der Waals surface area (Å²) < 4.78 is 4.23. The predicted octanol–water partition coefficient (Wildman–Crippen LogP) is 3.62. The van der Waals surface area contributed by atoms with Crippen LogP contribution in [0, 0.1) is 6.92 Å². The van der Waals surface area contributed by atoms with Crippen molar-refractivity contribution in [3.63, 3.8) is 0 Å². The third kappa shape index (κ3) is 2.25. The number of thiazole rings is 1. The molecule has 0 unspecified atom stereocenters. The van der Waals surface area contributed by atoms with Crippen LogP contribution in [0.1, 0.15) is 11.3 Å². The van der Waals surface area contributed by atoms with Crippen LogP contribution in [0.3, 0.4) is 0 Å². The van der Waals surface area contributed by atoms with Crippen LogP contribution in [0.15, 0.2) is 54.7 Å². The molecule has 0 aliphatic carbocycles. The lowest BCUT2D eigenvalue weighted by atomic mass is 10.1. The van der Waals surface area contributed by atoms with Crippen molar-refractivity contribution in [3.05, 3.63) is 66.0 Å². The van der Waals surface area contributed by atoms with E-state index in [1.165, 1.54) is 16.1 Å². The number of fused-ring (bicyclic) bond motifs is 1. The standard InChI is InChI=1S/C16H14N4S/c1-12-3-2-4-13(5-12)15-8-19(11-18-15)7-14-9-21-16-6-17-10-20(14)16/h2-6,8-11H,7H2,1H3. The Morgan fingerprint density at radius 2 is 2.19 bits per heavy atom. The van der Waals surface area contributed by atoms with Crippen molar-refractivity contribution in [2.45, 2.75) is 13.5 Å². The summed E-state index contributed by atoms with van der Waals surface area (Å²) in [6.07, 6.45) is 7.73. The maximum absolute atomic E-state index is 4.52. The molecule has 4 rings (SSSR count). The lowest BCUT2D eigenvalue weighted by Gasteiger charge is -2.01. The molecule has 4 aromatic rings. The van der Waals surface area contributed by atoms with Crippen LogP contribution in [-0.2, 0) is 6.54 Å². The van der Waals surface area contributed by atoms with Crippen LogP contribution in [0.4, 0.5) is 0 Å². The highest BCUT2D eigenvalue weighted by Crippen LogP contribution is 2.20. The highest BCUT2D eigenvalue weighted by molar-refractivity contribution is 7.15. The van der Waals surface area contributed by atoms with Gasteiger partial charge < -0.3 is 4.57 Å². The minimum Gasteiger partial charge on any atom is -0.331 e. The molecule has 0 N–H and O–H groups in total. The van der Waals surface area contributed by atoms with E-state index in [0.29, 0.717) is 0 Å². The van der Waals surface area contributed by atoms with Gasteiger partial charge in [0.05, 0.1) is 30.5 Å². The number of nitrogens with zero attached hydrogens (tertiary/aromatic N) is 4. The smallest absolute Gasteiger partial charge is 0.119 e. The van der Waals surface area contributed by atoms with Crippen molar-refractivity contribution in [1.82, 2.24) is 18.9 Å². The number of hydrogen-bond acceptors (Lipinski definition) is 3. The topological polar surface area (TPSA) is 35.1 Å². The van der Waals surface area contributed by atoms with Crippen molar-refractivity contribution < 1.29 is 0 Å². The minimum atomic E-state index is 0.801. The third-order valence-corrected chi connectivity index (χ3v) is 4.45. The molecular weight excluding hydrogens is 280 g/mol. The molecule has 0 atom stereocenters. The Kier molecular flexibility index (Phi) is 2.86. The average molecular weight is 294 g/mol. The molecule has 0 aliphatic heterocycles. The van der Waals surface area contributed by atoms with E-state index in [2.05, 4.69) is 61.7 Å². The highest BCUT2D eigenvalue weighted by atomic mass is 32.1. The van der Waals surface area contributed by atoms with Crippen molar-refractivity contribution in [3.8, 4) is 11.3 Å². The summed E-state index contributed by atoms with van der Waals surface area (Å²) in [4.78, 5) is 9.86. The number of hydrogen-bond donors (Lipinski definition) is 0. The van der Waals surface area contributed by atoms with Gasteiger partial charge in [-0.2, -0.15) is 0 Å². The van der Waals surface area contributed by atoms with Crippen LogP contribution in [0.2, 0.25) is 0 Å². The summed E-state index contributed by atoms with van der Waals surface area (Å²) in [7, 11) is 0. The van der Waals surface area contributed by atoms with E-state index in [1.54, 1.807) is 11.3 Å². The van der Waals surface area contributed by atoms with E-state index in [0.717, 1.165) is 17.8 Å². The highest BCUT2D eigenvalue weighted by Gasteiger charge is 2.06. The third-order valence-electron chi connectivity index (χ3n) is 3.52. The SMILES string of the molecule is Cc1cccc(-c2cn(Cc3csc4cncn34)cn2)c1. The van der Waals surface area contributed by atoms with Gasteiger partial charge in [0.2, 0.25) is 0 Å². The zero-order chi connectivity index (χ0) is 14.2. The van der Waals surface area contributed by atoms with E-state index >= 15 is 0 Å². The van der Waals surface area contributed by atoms with Gasteiger partial charge in [0.1, 0.15) is 11.2 Å². The molecule has 0 saturated carbocycles. The van der Waals surface area contributed by atoms with Crippen LogP contribution in [-0.4, -0.2) is 18.9 Å². The van der Waals surface area contributed by atoms with Crippen molar-refractivity contribution >= 4 is 16.2 Å². The van der Waals surface area contributed by atoms with Crippen LogP contribution < -0.4 is 0 Å². The van der Waals surface area contributed by atoms with Gasteiger partial charge in [0.15, 0.2) is 0 Å². The van der Waals surface area contributed by atoms with E-state index in [9.17, 15) is 0 Å². The lowest BCUT2D eigenvalue weighted by molar-refractivity contribution is 0.765. The van der Waals surface area contributed by atoms with Crippen LogP contribution >= 0.6 is 11.3 Å². The van der Waals surface area contributed by atoms with Gasteiger partial charge in [-0.25, -0.2) is 9.97 Å². The number of rotatable bonds is 3.